The summed E-state index contributed by atoms with van der Waals surface area (Å²) in [5.41, 5.74) is 12.0. The van der Waals surface area contributed by atoms with E-state index in [2.05, 4.69) is 5.73 Å². The normalized spacial score (nSPS) is 7.08. The first-order valence-electron chi connectivity index (χ1n) is 4.19. The first kappa shape index (κ1) is 13.6. The lowest BCUT2D eigenvalue weighted by Gasteiger charge is -1.90. The van der Waals surface area contributed by atoms with E-state index in [-0.39, 0.29) is 0 Å². The summed E-state index contributed by atoms with van der Waals surface area (Å²) < 4.78 is 0. The standard InChI is InChI=1S/C7H9N.C2H6.CH5N/c1-6-2-4-7(8)5-3-6;2*1-2/h2-5H,8H2,1H3;1-2H3;2H2,1H3. The highest BCUT2D eigenvalue weighted by atomic mass is 14.5. The Morgan fingerprint density at radius 3 is 1.50 bits per heavy atom. The molecule has 0 radical (unpaired) electrons. The lowest BCUT2D eigenvalue weighted by atomic mass is 10.2. The summed E-state index contributed by atoms with van der Waals surface area (Å²) in [6.07, 6.45) is 0. The molecule has 1 aromatic carbocycles. The van der Waals surface area contributed by atoms with E-state index in [9.17, 15) is 0 Å². The van der Waals surface area contributed by atoms with Gasteiger partial charge >= 0.3 is 0 Å². The monoisotopic (exact) mass is 168 g/mol. The number of nitrogens with two attached hydrogens (primary N) is 2. The lowest BCUT2D eigenvalue weighted by Crippen LogP contribution is -1.81. The van der Waals surface area contributed by atoms with Crippen molar-refractivity contribution in [3.63, 3.8) is 0 Å². The van der Waals surface area contributed by atoms with Crippen LogP contribution in [0.1, 0.15) is 19.4 Å². The van der Waals surface area contributed by atoms with Gasteiger partial charge in [-0.15, -0.1) is 0 Å². The molecule has 12 heavy (non-hydrogen) atoms. The first-order chi connectivity index (χ1) is 5.79. The molecule has 0 aliphatic rings. The molecule has 0 fully saturated rings. The number of rotatable bonds is 0. The van der Waals surface area contributed by atoms with Crippen LogP contribution in [0.4, 0.5) is 5.69 Å². The molecule has 4 N–H and O–H groups in total. The van der Waals surface area contributed by atoms with Gasteiger partial charge in [0.1, 0.15) is 0 Å². The average molecular weight is 168 g/mol. The topological polar surface area (TPSA) is 52.0 Å². The van der Waals surface area contributed by atoms with Gasteiger partial charge in [-0.05, 0) is 26.1 Å². The van der Waals surface area contributed by atoms with Crippen molar-refractivity contribution in [2.24, 2.45) is 5.73 Å². The molecule has 1 aromatic rings. The minimum atomic E-state index is 0.829. The van der Waals surface area contributed by atoms with Crippen molar-refractivity contribution in [3.05, 3.63) is 29.8 Å². The van der Waals surface area contributed by atoms with Crippen LogP contribution >= 0.6 is 0 Å². The van der Waals surface area contributed by atoms with E-state index >= 15 is 0 Å². The maximum absolute atomic E-state index is 5.43. The molecule has 0 atom stereocenters. The molecule has 0 aliphatic carbocycles. The van der Waals surface area contributed by atoms with Crippen LogP contribution in [0, 0.1) is 6.92 Å². The SMILES string of the molecule is CC.CN.Cc1ccc(N)cc1. The molecule has 0 saturated heterocycles. The fourth-order valence-electron chi connectivity index (χ4n) is 0.566. The quantitative estimate of drug-likeness (QED) is 0.583. The van der Waals surface area contributed by atoms with Gasteiger partial charge in [0.25, 0.3) is 0 Å². The van der Waals surface area contributed by atoms with E-state index in [0.29, 0.717) is 0 Å². The fraction of sp³-hybridized carbons (Fsp3) is 0.400. The second kappa shape index (κ2) is 9.98. The molecule has 0 aromatic heterocycles. The molecular formula is C10H20N2. The van der Waals surface area contributed by atoms with Crippen molar-refractivity contribution in [1.29, 1.82) is 0 Å². The summed E-state index contributed by atoms with van der Waals surface area (Å²) in [5, 5.41) is 0. The largest absolute Gasteiger partial charge is 0.399 e. The predicted molar refractivity (Wildman–Crippen MR) is 57.1 cm³/mol. The number of nitrogen functional groups attached to an aromatic ring is 1. The summed E-state index contributed by atoms with van der Waals surface area (Å²) in [5.74, 6) is 0. The van der Waals surface area contributed by atoms with Crippen molar-refractivity contribution in [2.45, 2.75) is 20.8 Å². The van der Waals surface area contributed by atoms with Crippen LogP contribution in [0.2, 0.25) is 0 Å². The van der Waals surface area contributed by atoms with Gasteiger partial charge in [0.05, 0.1) is 0 Å². The third kappa shape index (κ3) is 7.09. The second-order valence-corrected chi connectivity index (χ2v) is 1.91. The minimum absolute atomic E-state index is 0.829. The highest BCUT2D eigenvalue weighted by molar-refractivity contribution is 5.38. The fourth-order valence-corrected chi connectivity index (χ4v) is 0.566. The molecule has 2 heteroatoms. The van der Waals surface area contributed by atoms with Crippen LogP contribution in [0.5, 0.6) is 0 Å². The smallest absolute Gasteiger partial charge is 0.0314 e. The van der Waals surface area contributed by atoms with Gasteiger partial charge < -0.3 is 11.5 Å². The van der Waals surface area contributed by atoms with E-state index in [1.54, 1.807) is 0 Å². The van der Waals surface area contributed by atoms with Crippen LogP contribution < -0.4 is 11.5 Å². The Hall–Kier alpha value is -1.02. The van der Waals surface area contributed by atoms with Gasteiger partial charge in [0, 0.05) is 5.69 Å². The van der Waals surface area contributed by atoms with Crippen LogP contribution in [-0.4, -0.2) is 7.05 Å². The number of aryl methyl sites for hydroxylation is 1. The van der Waals surface area contributed by atoms with Crippen LogP contribution in [0.15, 0.2) is 24.3 Å². The van der Waals surface area contributed by atoms with Crippen molar-refractivity contribution < 1.29 is 0 Å². The van der Waals surface area contributed by atoms with Crippen LogP contribution in [0.25, 0.3) is 0 Å². The van der Waals surface area contributed by atoms with Gasteiger partial charge in [-0.3, -0.25) is 0 Å². The Bertz CT molecular complexity index is 147. The zero-order valence-corrected chi connectivity index (χ0v) is 8.46. The predicted octanol–water partition coefficient (Wildman–Crippen LogP) is 2.18. The zero-order valence-electron chi connectivity index (χ0n) is 8.46. The average Bonchev–Trinajstić information content (AvgIpc) is 2.17. The van der Waals surface area contributed by atoms with E-state index in [0.717, 1.165) is 5.69 Å². The molecule has 70 valence electrons. The maximum atomic E-state index is 5.43. The van der Waals surface area contributed by atoms with Gasteiger partial charge in [0.2, 0.25) is 0 Å². The zero-order chi connectivity index (χ0) is 9.98. The van der Waals surface area contributed by atoms with E-state index in [1.165, 1.54) is 12.6 Å². The molecule has 0 saturated carbocycles. The molecular weight excluding hydrogens is 148 g/mol. The van der Waals surface area contributed by atoms with Gasteiger partial charge in [-0.25, -0.2) is 0 Å². The Kier molecular flexibility index (Phi) is 11.3. The molecule has 0 heterocycles. The lowest BCUT2D eigenvalue weighted by molar-refractivity contribution is 1.47. The van der Waals surface area contributed by atoms with Gasteiger partial charge in [-0.2, -0.15) is 0 Å². The molecule has 0 aliphatic heterocycles. The van der Waals surface area contributed by atoms with Gasteiger partial charge in [0.15, 0.2) is 0 Å². The van der Waals surface area contributed by atoms with Crippen LogP contribution in [-0.2, 0) is 0 Å². The highest BCUT2D eigenvalue weighted by Crippen LogP contribution is 2.02. The van der Waals surface area contributed by atoms with Crippen molar-refractivity contribution >= 4 is 5.69 Å². The molecule has 0 spiro atoms. The Morgan fingerprint density at radius 2 is 1.25 bits per heavy atom. The first-order valence-corrected chi connectivity index (χ1v) is 4.19. The molecule has 2 nitrogen and oxygen atoms in total. The molecule has 0 amide bonds. The van der Waals surface area contributed by atoms with E-state index in [4.69, 9.17) is 5.73 Å². The minimum Gasteiger partial charge on any atom is -0.399 e. The molecule has 0 unspecified atom stereocenters. The third-order valence-corrected chi connectivity index (χ3v) is 1.08. The summed E-state index contributed by atoms with van der Waals surface area (Å²) >= 11 is 0. The van der Waals surface area contributed by atoms with Crippen LogP contribution in [0.3, 0.4) is 0 Å². The number of benzene rings is 1. The van der Waals surface area contributed by atoms with Crippen molar-refractivity contribution in [2.75, 3.05) is 12.8 Å². The van der Waals surface area contributed by atoms with Crippen molar-refractivity contribution in [1.82, 2.24) is 0 Å². The second-order valence-electron chi connectivity index (χ2n) is 1.91. The maximum Gasteiger partial charge on any atom is 0.0314 e. The number of anilines is 1. The molecule has 0 bridgehead atoms. The summed E-state index contributed by atoms with van der Waals surface area (Å²) in [6, 6.07) is 7.79. The number of hydrogen-bond acceptors (Lipinski definition) is 2. The van der Waals surface area contributed by atoms with Gasteiger partial charge in [-0.1, -0.05) is 31.5 Å². The Labute approximate surface area is 75.6 Å². The Morgan fingerprint density at radius 1 is 0.917 bits per heavy atom. The molecule has 1 rings (SSSR count). The summed E-state index contributed by atoms with van der Waals surface area (Å²) in [7, 11) is 1.50. The number of hydrogen-bond donors (Lipinski definition) is 2. The summed E-state index contributed by atoms with van der Waals surface area (Å²) in [6.45, 7) is 6.04. The van der Waals surface area contributed by atoms with E-state index < -0.39 is 0 Å². The van der Waals surface area contributed by atoms with Crippen molar-refractivity contribution in [3.8, 4) is 0 Å². The van der Waals surface area contributed by atoms with E-state index in [1.807, 2.05) is 45.0 Å². The Balaban J connectivity index is 0. The highest BCUT2D eigenvalue weighted by Gasteiger charge is 1.80. The summed E-state index contributed by atoms with van der Waals surface area (Å²) in [4.78, 5) is 0. The third-order valence-electron chi connectivity index (χ3n) is 1.08.